The highest BCUT2D eigenvalue weighted by Crippen LogP contribution is 2.11. The Hall–Kier alpha value is -0.440. The Balaban J connectivity index is 2.94. The number of unbranched alkanes of at least 4 members (excludes halogenated alkanes) is 11. The largest absolute Gasteiger partial charge is 0.103 e. The molecule has 0 unspecified atom stereocenters. The minimum absolute atomic E-state index is 0.762. The van der Waals surface area contributed by atoms with Gasteiger partial charge in [-0.05, 0) is 13.3 Å². The Morgan fingerprint density at radius 1 is 0.647 bits per heavy atom. The highest BCUT2D eigenvalue weighted by molar-refractivity contribution is 4.98. The van der Waals surface area contributed by atoms with Gasteiger partial charge in [0.15, 0.2) is 0 Å². The summed E-state index contributed by atoms with van der Waals surface area (Å²) in [4.78, 5) is 0. The lowest BCUT2D eigenvalue weighted by Crippen LogP contribution is -1.82. The average Bonchev–Trinajstić information content (AvgIpc) is 2.35. The van der Waals surface area contributed by atoms with E-state index < -0.39 is 0 Å². The van der Waals surface area contributed by atoms with Gasteiger partial charge >= 0.3 is 0 Å². The third kappa shape index (κ3) is 15.6. The van der Waals surface area contributed by atoms with E-state index in [9.17, 15) is 0 Å². The van der Waals surface area contributed by atoms with Crippen molar-refractivity contribution in [2.45, 2.75) is 90.4 Å². The van der Waals surface area contributed by atoms with Crippen LogP contribution in [0.25, 0.3) is 0 Å². The van der Waals surface area contributed by atoms with E-state index in [-0.39, 0.29) is 0 Å². The van der Waals surface area contributed by atoms with Crippen molar-refractivity contribution in [3.8, 4) is 11.8 Å². The van der Waals surface area contributed by atoms with Crippen molar-refractivity contribution >= 4 is 0 Å². The van der Waals surface area contributed by atoms with Crippen LogP contribution in [0.1, 0.15) is 90.4 Å². The summed E-state index contributed by atoms with van der Waals surface area (Å²) < 4.78 is 0. The second kappa shape index (κ2) is 15.6. The predicted octanol–water partition coefficient (Wildman–Crippen LogP) is 5.92. The Morgan fingerprint density at radius 3 is 1.59 bits per heavy atom. The van der Waals surface area contributed by atoms with Gasteiger partial charge in [-0.15, -0.1) is 11.8 Å². The fraction of sp³-hybridized carbons (Fsp3) is 0.824. The van der Waals surface area contributed by atoms with E-state index in [0.29, 0.717) is 0 Å². The maximum atomic E-state index is 3.71. The summed E-state index contributed by atoms with van der Waals surface area (Å²) >= 11 is 0. The van der Waals surface area contributed by atoms with Gasteiger partial charge in [0.05, 0.1) is 0 Å². The van der Waals surface area contributed by atoms with Gasteiger partial charge in [-0.3, -0.25) is 0 Å². The zero-order valence-corrected chi connectivity index (χ0v) is 11.9. The third-order valence-electron chi connectivity index (χ3n) is 3.16. The molecule has 0 nitrogen and oxygen atoms in total. The lowest BCUT2D eigenvalue weighted by molar-refractivity contribution is 0.551. The third-order valence-corrected chi connectivity index (χ3v) is 3.16. The van der Waals surface area contributed by atoms with Crippen molar-refractivity contribution in [3.63, 3.8) is 0 Å². The standard InChI is InChI=1S/C17H31/c1-3-5-7-9-11-13-15-17-16-14-12-10-8-6-4-2/h1,3-4,6,8-17H2,2H3. The van der Waals surface area contributed by atoms with Crippen molar-refractivity contribution < 1.29 is 0 Å². The molecule has 0 atom stereocenters. The van der Waals surface area contributed by atoms with Crippen LogP contribution < -0.4 is 0 Å². The number of hydrogen-bond donors (Lipinski definition) is 0. The molecule has 0 aromatic heterocycles. The van der Waals surface area contributed by atoms with Crippen molar-refractivity contribution in [2.24, 2.45) is 0 Å². The Kier molecular flexibility index (Phi) is 15.2. The molecule has 0 saturated heterocycles. The van der Waals surface area contributed by atoms with Crippen LogP contribution in [-0.2, 0) is 0 Å². The minimum atomic E-state index is 0.762. The molecular formula is C17H31. The molecule has 17 heavy (non-hydrogen) atoms. The zero-order chi connectivity index (χ0) is 12.6. The molecule has 0 bridgehead atoms. The van der Waals surface area contributed by atoms with Crippen molar-refractivity contribution in [1.82, 2.24) is 0 Å². The van der Waals surface area contributed by atoms with Crippen LogP contribution in [0, 0.1) is 18.8 Å². The van der Waals surface area contributed by atoms with Crippen LogP contribution in [0.5, 0.6) is 0 Å². The topological polar surface area (TPSA) is 0 Å². The summed E-state index contributed by atoms with van der Waals surface area (Å²) in [5.41, 5.74) is 0. The second-order valence-electron chi connectivity index (χ2n) is 4.89. The Morgan fingerprint density at radius 2 is 1.12 bits per heavy atom. The molecule has 0 heterocycles. The number of rotatable bonds is 11. The van der Waals surface area contributed by atoms with E-state index in [2.05, 4.69) is 25.7 Å². The molecule has 1 radical (unpaired) electrons. The molecule has 0 aromatic rings. The van der Waals surface area contributed by atoms with E-state index in [1.165, 1.54) is 70.6 Å². The first-order valence-electron chi connectivity index (χ1n) is 7.66. The molecule has 0 N–H and O–H groups in total. The van der Waals surface area contributed by atoms with Gasteiger partial charge in [0.1, 0.15) is 0 Å². The molecule has 0 aliphatic heterocycles. The molecular weight excluding hydrogens is 204 g/mol. The van der Waals surface area contributed by atoms with Crippen LogP contribution in [0.3, 0.4) is 0 Å². The van der Waals surface area contributed by atoms with E-state index in [4.69, 9.17) is 0 Å². The van der Waals surface area contributed by atoms with E-state index in [0.717, 1.165) is 12.8 Å². The van der Waals surface area contributed by atoms with Gasteiger partial charge in [0.2, 0.25) is 0 Å². The highest BCUT2D eigenvalue weighted by atomic mass is 14.0. The maximum Gasteiger partial charge on any atom is 0.00890 e. The van der Waals surface area contributed by atoms with Gasteiger partial charge in [0.25, 0.3) is 0 Å². The van der Waals surface area contributed by atoms with E-state index in [1.54, 1.807) is 0 Å². The second-order valence-corrected chi connectivity index (χ2v) is 4.89. The lowest BCUT2D eigenvalue weighted by atomic mass is 10.1. The molecule has 0 aliphatic rings. The molecule has 0 fully saturated rings. The predicted molar refractivity (Wildman–Crippen MR) is 78.8 cm³/mol. The molecule has 0 heteroatoms. The Bertz CT molecular complexity index is 182. The SMILES string of the molecule is [CH2]CC#CCCCCCCCCCCCCC. The lowest BCUT2D eigenvalue weighted by Gasteiger charge is -2.01. The van der Waals surface area contributed by atoms with Crippen molar-refractivity contribution in [2.75, 3.05) is 0 Å². The van der Waals surface area contributed by atoms with Crippen LogP contribution in [0.2, 0.25) is 0 Å². The fourth-order valence-corrected chi connectivity index (χ4v) is 2.05. The molecule has 0 spiro atoms. The smallest absolute Gasteiger partial charge is 0.00890 e. The van der Waals surface area contributed by atoms with E-state index >= 15 is 0 Å². The average molecular weight is 235 g/mol. The Labute approximate surface area is 110 Å². The maximum absolute atomic E-state index is 3.71. The first-order chi connectivity index (χ1) is 8.41. The minimum Gasteiger partial charge on any atom is -0.103 e. The van der Waals surface area contributed by atoms with Crippen molar-refractivity contribution in [1.29, 1.82) is 0 Å². The summed E-state index contributed by atoms with van der Waals surface area (Å²) in [6, 6.07) is 0. The normalized spacial score (nSPS) is 10.0. The molecule has 0 rings (SSSR count). The molecule has 0 amide bonds. The summed E-state index contributed by atoms with van der Waals surface area (Å²) in [7, 11) is 0. The zero-order valence-electron chi connectivity index (χ0n) is 11.9. The first kappa shape index (κ1) is 16.6. The van der Waals surface area contributed by atoms with Gasteiger partial charge in [0, 0.05) is 12.8 Å². The van der Waals surface area contributed by atoms with Crippen LogP contribution in [-0.4, -0.2) is 0 Å². The monoisotopic (exact) mass is 235 g/mol. The highest BCUT2D eigenvalue weighted by Gasteiger charge is 1.92. The first-order valence-corrected chi connectivity index (χ1v) is 7.66. The molecule has 99 valence electrons. The van der Waals surface area contributed by atoms with Crippen LogP contribution in [0.4, 0.5) is 0 Å². The summed E-state index contributed by atoms with van der Waals surface area (Å²) in [6.45, 7) is 5.99. The van der Waals surface area contributed by atoms with Gasteiger partial charge in [-0.1, -0.05) is 71.1 Å². The van der Waals surface area contributed by atoms with Gasteiger partial charge < -0.3 is 0 Å². The van der Waals surface area contributed by atoms with E-state index in [1.807, 2.05) is 0 Å². The molecule has 0 aliphatic carbocycles. The van der Waals surface area contributed by atoms with Crippen molar-refractivity contribution in [3.05, 3.63) is 6.92 Å². The summed E-state index contributed by atoms with van der Waals surface area (Å²) in [6.07, 6.45) is 17.3. The number of hydrogen-bond acceptors (Lipinski definition) is 0. The van der Waals surface area contributed by atoms with Crippen LogP contribution >= 0.6 is 0 Å². The summed E-state index contributed by atoms with van der Waals surface area (Å²) in [5, 5.41) is 0. The fourth-order valence-electron chi connectivity index (χ4n) is 2.05. The quantitative estimate of drug-likeness (QED) is 0.308. The molecule has 0 aromatic carbocycles. The molecule has 0 saturated carbocycles. The van der Waals surface area contributed by atoms with Crippen LogP contribution in [0.15, 0.2) is 0 Å². The summed E-state index contributed by atoms with van der Waals surface area (Å²) in [5.74, 6) is 6.18. The van der Waals surface area contributed by atoms with Gasteiger partial charge in [-0.2, -0.15) is 0 Å². The van der Waals surface area contributed by atoms with Gasteiger partial charge in [-0.25, -0.2) is 0 Å².